The third kappa shape index (κ3) is 4.87. The Morgan fingerprint density at radius 3 is 2.43 bits per heavy atom. The van der Waals surface area contributed by atoms with E-state index in [1.165, 1.54) is 18.2 Å². The van der Waals surface area contributed by atoms with Crippen molar-refractivity contribution in [2.45, 2.75) is 57.2 Å². The van der Waals surface area contributed by atoms with Crippen LogP contribution >= 0.6 is 0 Å². The summed E-state index contributed by atoms with van der Waals surface area (Å²) in [5.41, 5.74) is 7.85. The first-order valence-electron chi connectivity index (χ1n) is 10.7. The molecule has 2 aliphatic rings. The summed E-state index contributed by atoms with van der Waals surface area (Å²) in [7, 11) is 0. The number of nitrogens with two attached hydrogens (primary N) is 1. The molecule has 0 radical (unpaired) electrons. The molecule has 158 valence electrons. The van der Waals surface area contributed by atoms with Crippen LogP contribution in [-0.2, 0) is 11.3 Å². The Balaban J connectivity index is 1.53. The van der Waals surface area contributed by atoms with Crippen LogP contribution in [-0.4, -0.2) is 28.8 Å². The van der Waals surface area contributed by atoms with E-state index in [1.807, 2.05) is 29.2 Å². The third-order valence-electron chi connectivity index (χ3n) is 6.08. The molecule has 2 aliphatic carbocycles. The third-order valence-corrected chi connectivity index (χ3v) is 6.08. The van der Waals surface area contributed by atoms with Gasteiger partial charge in [0.15, 0.2) is 0 Å². The Labute approximate surface area is 176 Å². The summed E-state index contributed by atoms with van der Waals surface area (Å²) in [4.78, 5) is 27.7. The highest BCUT2D eigenvalue weighted by atomic mass is 19.1. The molecule has 0 spiro atoms. The molecule has 6 heteroatoms. The van der Waals surface area contributed by atoms with Crippen LogP contribution in [0.5, 0.6) is 0 Å². The van der Waals surface area contributed by atoms with Crippen molar-refractivity contribution >= 4 is 17.5 Å². The summed E-state index contributed by atoms with van der Waals surface area (Å²) >= 11 is 0. The van der Waals surface area contributed by atoms with Crippen molar-refractivity contribution in [1.82, 2.24) is 4.90 Å². The number of hydrogen-bond acceptors (Lipinski definition) is 3. The van der Waals surface area contributed by atoms with Gasteiger partial charge in [-0.2, -0.15) is 0 Å². The number of halogens is 1. The molecule has 0 aliphatic heterocycles. The standard InChI is InChI=1S/C24H28FN3O2/c25-19-6-3-5-17(14-19)23(29)27-22-7-2-1-4-18(22)15-28(24(30)16-8-9-16)21-12-10-20(26)11-13-21/h1-7,14,16,20-21H,8-13,15,26H2,(H,27,29). The van der Waals surface area contributed by atoms with Crippen molar-refractivity contribution in [3.63, 3.8) is 0 Å². The van der Waals surface area contributed by atoms with Crippen molar-refractivity contribution in [3.05, 3.63) is 65.5 Å². The number of para-hydroxylation sites is 1. The second-order valence-corrected chi connectivity index (χ2v) is 8.43. The molecule has 30 heavy (non-hydrogen) atoms. The molecule has 4 rings (SSSR count). The maximum Gasteiger partial charge on any atom is 0.255 e. The molecule has 2 aromatic carbocycles. The van der Waals surface area contributed by atoms with Gasteiger partial charge in [0.25, 0.3) is 5.91 Å². The quantitative estimate of drug-likeness (QED) is 0.755. The van der Waals surface area contributed by atoms with Gasteiger partial charge in [-0.15, -0.1) is 0 Å². The van der Waals surface area contributed by atoms with E-state index in [0.717, 1.165) is 44.1 Å². The number of rotatable bonds is 6. The normalized spacial score (nSPS) is 21.1. The molecular formula is C24H28FN3O2. The van der Waals surface area contributed by atoms with Gasteiger partial charge >= 0.3 is 0 Å². The first-order valence-corrected chi connectivity index (χ1v) is 10.7. The number of carbonyl (C=O) groups is 2. The van der Waals surface area contributed by atoms with Crippen LogP contribution in [0.15, 0.2) is 48.5 Å². The van der Waals surface area contributed by atoms with Crippen LogP contribution in [0.1, 0.15) is 54.4 Å². The summed E-state index contributed by atoms with van der Waals surface area (Å²) in [6.45, 7) is 0.453. The van der Waals surface area contributed by atoms with Gasteiger partial charge in [-0.1, -0.05) is 24.3 Å². The average molecular weight is 410 g/mol. The lowest BCUT2D eigenvalue weighted by atomic mass is 9.90. The Morgan fingerprint density at radius 1 is 1.00 bits per heavy atom. The van der Waals surface area contributed by atoms with Crippen LogP contribution in [0, 0.1) is 11.7 Å². The Kier molecular flexibility index (Phi) is 6.13. The largest absolute Gasteiger partial charge is 0.335 e. The topological polar surface area (TPSA) is 75.4 Å². The van der Waals surface area contributed by atoms with E-state index in [1.54, 1.807) is 6.07 Å². The Bertz CT molecular complexity index is 920. The number of amides is 2. The minimum atomic E-state index is -0.451. The van der Waals surface area contributed by atoms with E-state index >= 15 is 0 Å². The highest BCUT2D eigenvalue weighted by molar-refractivity contribution is 6.04. The molecule has 0 bridgehead atoms. The van der Waals surface area contributed by atoms with E-state index < -0.39 is 5.82 Å². The molecule has 0 aromatic heterocycles. The van der Waals surface area contributed by atoms with Gasteiger partial charge in [0.05, 0.1) is 0 Å². The molecule has 0 atom stereocenters. The summed E-state index contributed by atoms with van der Waals surface area (Å²) in [5.74, 6) is -0.477. The van der Waals surface area contributed by atoms with Crippen molar-refractivity contribution in [1.29, 1.82) is 0 Å². The summed E-state index contributed by atoms with van der Waals surface area (Å²) < 4.78 is 13.5. The maximum absolute atomic E-state index is 13.5. The number of nitrogens with zero attached hydrogens (tertiary/aromatic N) is 1. The summed E-state index contributed by atoms with van der Waals surface area (Å²) in [5, 5.41) is 2.89. The minimum absolute atomic E-state index is 0.134. The fourth-order valence-corrected chi connectivity index (χ4v) is 4.15. The van der Waals surface area contributed by atoms with Gasteiger partial charge in [-0.25, -0.2) is 4.39 Å². The zero-order chi connectivity index (χ0) is 21.1. The molecule has 2 aromatic rings. The van der Waals surface area contributed by atoms with E-state index in [9.17, 15) is 14.0 Å². The van der Waals surface area contributed by atoms with Crippen LogP contribution in [0.25, 0.3) is 0 Å². The van der Waals surface area contributed by atoms with Crippen LogP contribution in [0.3, 0.4) is 0 Å². The number of anilines is 1. The SMILES string of the molecule is NC1CCC(N(Cc2ccccc2NC(=O)c2cccc(F)c2)C(=O)C2CC2)CC1. The Hall–Kier alpha value is -2.73. The second kappa shape index (κ2) is 8.96. The number of nitrogens with one attached hydrogen (secondary N) is 1. The fraction of sp³-hybridized carbons (Fsp3) is 0.417. The van der Waals surface area contributed by atoms with Crippen molar-refractivity contribution in [2.75, 3.05) is 5.32 Å². The molecule has 2 saturated carbocycles. The van der Waals surface area contributed by atoms with E-state index in [-0.39, 0.29) is 35.4 Å². The van der Waals surface area contributed by atoms with E-state index in [2.05, 4.69) is 5.32 Å². The smallest absolute Gasteiger partial charge is 0.255 e. The predicted molar refractivity (Wildman–Crippen MR) is 114 cm³/mol. The highest BCUT2D eigenvalue weighted by Gasteiger charge is 2.37. The second-order valence-electron chi connectivity index (χ2n) is 8.43. The fourth-order valence-electron chi connectivity index (χ4n) is 4.15. The molecule has 2 fully saturated rings. The van der Waals surface area contributed by atoms with Crippen LogP contribution in [0.2, 0.25) is 0 Å². The number of benzene rings is 2. The van der Waals surface area contributed by atoms with Crippen LogP contribution < -0.4 is 11.1 Å². The summed E-state index contributed by atoms with van der Waals surface area (Å²) in [6.07, 6.45) is 5.60. The van der Waals surface area contributed by atoms with Gasteiger partial charge < -0.3 is 16.0 Å². The highest BCUT2D eigenvalue weighted by Crippen LogP contribution is 2.35. The molecule has 0 unspecified atom stereocenters. The van der Waals surface area contributed by atoms with Gasteiger partial charge in [0, 0.05) is 35.8 Å². The zero-order valence-electron chi connectivity index (χ0n) is 17.0. The minimum Gasteiger partial charge on any atom is -0.335 e. The molecule has 2 amide bonds. The van der Waals surface area contributed by atoms with Crippen molar-refractivity contribution < 1.29 is 14.0 Å². The Morgan fingerprint density at radius 2 is 1.73 bits per heavy atom. The zero-order valence-corrected chi connectivity index (χ0v) is 17.0. The number of carbonyl (C=O) groups excluding carboxylic acids is 2. The molecule has 5 nitrogen and oxygen atoms in total. The molecule has 0 heterocycles. The van der Waals surface area contributed by atoms with Crippen molar-refractivity contribution in [2.24, 2.45) is 11.7 Å². The lowest BCUT2D eigenvalue weighted by Gasteiger charge is -2.36. The van der Waals surface area contributed by atoms with Gasteiger partial charge in [-0.05, 0) is 68.4 Å². The van der Waals surface area contributed by atoms with Crippen LogP contribution in [0.4, 0.5) is 10.1 Å². The molecule has 3 N–H and O–H groups in total. The van der Waals surface area contributed by atoms with E-state index in [0.29, 0.717) is 12.2 Å². The number of hydrogen-bond donors (Lipinski definition) is 2. The predicted octanol–water partition coefficient (Wildman–Crippen LogP) is 4.09. The maximum atomic E-state index is 13.5. The molecule has 0 saturated heterocycles. The molecular weight excluding hydrogens is 381 g/mol. The van der Waals surface area contributed by atoms with Gasteiger partial charge in [-0.3, -0.25) is 9.59 Å². The average Bonchev–Trinajstić information content (AvgIpc) is 3.59. The lowest BCUT2D eigenvalue weighted by molar-refractivity contribution is -0.136. The van der Waals surface area contributed by atoms with Crippen molar-refractivity contribution in [3.8, 4) is 0 Å². The van der Waals surface area contributed by atoms with Gasteiger partial charge in [0.1, 0.15) is 5.82 Å². The first kappa shape index (κ1) is 20.5. The summed E-state index contributed by atoms with van der Waals surface area (Å²) in [6, 6.07) is 13.5. The van der Waals surface area contributed by atoms with E-state index in [4.69, 9.17) is 5.73 Å². The monoisotopic (exact) mass is 409 g/mol. The van der Waals surface area contributed by atoms with Gasteiger partial charge in [0.2, 0.25) is 5.91 Å². The first-order chi connectivity index (χ1) is 14.5. The lowest BCUT2D eigenvalue weighted by Crippen LogP contribution is -2.44.